The second-order valence-corrected chi connectivity index (χ2v) is 11.4. The lowest BCUT2D eigenvalue weighted by Gasteiger charge is -2.34. The summed E-state index contributed by atoms with van der Waals surface area (Å²) in [7, 11) is -3.51. The van der Waals surface area contributed by atoms with E-state index >= 15 is 0 Å². The summed E-state index contributed by atoms with van der Waals surface area (Å²) in [5.41, 5.74) is 0. The Hall–Kier alpha value is -1.55. The van der Waals surface area contributed by atoms with Crippen molar-refractivity contribution in [2.45, 2.75) is 11.3 Å². The van der Waals surface area contributed by atoms with E-state index in [9.17, 15) is 18.0 Å². The van der Waals surface area contributed by atoms with E-state index in [4.69, 9.17) is 0 Å². The van der Waals surface area contributed by atoms with Crippen molar-refractivity contribution in [3.8, 4) is 0 Å². The molecule has 0 spiro atoms. The fourth-order valence-corrected chi connectivity index (χ4v) is 7.06. The van der Waals surface area contributed by atoms with Crippen LogP contribution in [0.2, 0.25) is 0 Å². The molecule has 1 aromatic rings. The lowest BCUT2D eigenvalue weighted by Crippen LogP contribution is -2.50. The molecule has 1 aromatic carbocycles. The molecule has 30 heavy (non-hydrogen) atoms. The van der Waals surface area contributed by atoms with Gasteiger partial charge < -0.3 is 0 Å². The minimum atomic E-state index is -3.51. The second kappa shape index (κ2) is 7.55. The van der Waals surface area contributed by atoms with Gasteiger partial charge in [0.05, 0.1) is 16.7 Å². The minimum Gasteiger partial charge on any atom is -0.299 e. The number of hydrogen-bond donors (Lipinski definition) is 0. The second-order valence-electron chi connectivity index (χ2n) is 8.53. The van der Waals surface area contributed by atoms with Crippen LogP contribution in [0.3, 0.4) is 0 Å². The van der Waals surface area contributed by atoms with Crippen LogP contribution in [-0.2, 0) is 19.6 Å². The van der Waals surface area contributed by atoms with Crippen LogP contribution in [0.4, 0.5) is 0 Å². The summed E-state index contributed by atoms with van der Waals surface area (Å²) in [4.78, 5) is 29.5. The normalized spacial score (nSPS) is 31.7. The first kappa shape index (κ1) is 20.4. The molecule has 2 bridgehead atoms. The number of carbonyl (C=O) groups excluding carboxylic acids is 2. The van der Waals surface area contributed by atoms with E-state index in [1.807, 2.05) is 0 Å². The highest BCUT2D eigenvalue weighted by atomic mass is 79.9. The first-order valence-corrected chi connectivity index (χ1v) is 12.6. The molecule has 2 aliphatic carbocycles. The maximum Gasteiger partial charge on any atom is 0.243 e. The number of amides is 2. The average molecular weight is 494 g/mol. The van der Waals surface area contributed by atoms with Crippen molar-refractivity contribution in [3.05, 3.63) is 40.9 Å². The van der Waals surface area contributed by atoms with Crippen molar-refractivity contribution in [1.29, 1.82) is 0 Å². The van der Waals surface area contributed by atoms with Crippen LogP contribution in [0.1, 0.15) is 6.42 Å². The molecule has 2 saturated heterocycles. The third-order valence-electron chi connectivity index (χ3n) is 6.98. The monoisotopic (exact) mass is 493 g/mol. The fourth-order valence-electron chi connectivity index (χ4n) is 5.38. The third-order valence-corrected chi connectivity index (χ3v) is 9.43. The Labute approximate surface area is 184 Å². The molecule has 0 radical (unpaired) electrons. The van der Waals surface area contributed by atoms with E-state index in [2.05, 4.69) is 33.0 Å². The summed E-state index contributed by atoms with van der Waals surface area (Å²) >= 11 is 3.32. The van der Waals surface area contributed by atoms with Crippen LogP contribution < -0.4 is 0 Å². The maximum absolute atomic E-state index is 12.8. The summed E-state index contributed by atoms with van der Waals surface area (Å²) in [6.45, 7) is 2.96. The number of hydrogen-bond acceptors (Lipinski definition) is 5. The average Bonchev–Trinajstić information content (AvgIpc) is 3.42. The molecule has 160 valence electrons. The number of piperazine rings is 1. The van der Waals surface area contributed by atoms with E-state index in [0.717, 1.165) is 10.9 Å². The Balaban J connectivity index is 1.16. The van der Waals surface area contributed by atoms with Crippen LogP contribution in [0, 0.1) is 23.7 Å². The van der Waals surface area contributed by atoms with Gasteiger partial charge >= 0.3 is 0 Å². The summed E-state index contributed by atoms with van der Waals surface area (Å²) in [5.74, 6) is 0.125. The van der Waals surface area contributed by atoms with Crippen molar-refractivity contribution in [2.75, 3.05) is 39.3 Å². The molecule has 0 aromatic heterocycles. The molecule has 0 N–H and O–H groups in total. The standard InChI is InChI=1S/C21H24BrN3O4S/c22-16-3-5-17(6-4-16)30(28,29)24-10-7-23(8-11-24)9-12-25-20(26)18-14-1-2-15(13-14)19(18)21(25)27/h1-6,14-15,18-19H,7-13H2/t14-,15+,18-,19-/m1/s1. The van der Waals surface area contributed by atoms with E-state index in [1.165, 1.54) is 9.21 Å². The lowest BCUT2D eigenvalue weighted by molar-refractivity contribution is -0.140. The highest BCUT2D eigenvalue weighted by Crippen LogP contribution is 2.52. The zero-order valence-corrected chi connectivity index (χ0v) is 18.9. The number of sulfonamides is 1. The summed E-state index contributed by atoms with van der Waals surface area (Å²) in [6.07, 6.45) is 5.15. The molecule has 1 saturated carbocycles. The van der Waals surface area contributed by atoms with Crippen molar-refractivity contribution in [3.63, 3.8) is 0 Å². The van der Waals surface area contributed by atoms with Gasteiger partial charge in [-0.25, -0.2) is 8.42 Å². The number of carbonyl (C=O) groups is 2. The Morgan fingerprint density at radius 1 is 0.867 bits per heavy atom. The van der Waals surface area contributed by atoms with Gasteiger partial charge in [0, 0.05) is 43.7 Å². The predicted molar refractivity (Wildman–Crippen MR) is 114 cm³/mol. The van der Waals surface area contributed by atoms with Crippen LogP contribution >= 0.6 is 15.9 Å². The van der Waals surface area contributed by atoms with Gasteiger partial charge in [-0.15, -0.1) is 0 Å². The van der Waals surface area contributed by atoms with Gasteiger partial charge in [-0.1, -0.05) is 28.1 Å². The van der Waals surface area contributed by atoms with Crippen molar-refractivity contribution in [1.82, 2.24) is 14.1 Å². The molecule has 3 fully saturated rings. The number of halogens is 1. The van der Waals surface area contributed by atoms with E-state index in [-0.39, 0.29) is 35.5 Å². The van der Waals surface area contributed by atoms with Crippen LogP contribution in [0.5, 0.6) is 0 Å². The van der Waals surface area contributed by atoms with Crippen LogP contribution in [0.25, 0.3) is 0 Å². The number of rotatable bonds is 5. The molecule has 4 aliphatic rings. The van der Waals surface area contributed by atoms with E-state index in [0.29, 0.717) is 44.2 Å². The predicted octanol–water partition coefficient (Wildman–Crippen LogP) is 1.56. The number of fused-ring (bicyclic) bond motifs is 5. The topological polar surface area (TPSA) is 78.0 Å². The number of imide groups is 1. The zero-order valence-electron chi connectivity index (χ0n) is 16.5. The molecule has 0 unspecified atom stereocenters. The molecule has 9 heteroatoms. The summed E-state index contributed by atoms with van der Waals surface area (Å²) in [6, 6.07) is 6.67. The SMILES string of the molecule is O=C1[C@H]2[C@H](C(=O)N1CCN1CCN(S(=O)(=O)c3ccc(Br)cc3)CC1)[C@H]1C=C[C@@H]2C1. The third kappa shape index (κ3) is 3.26. The fraction of sp³-hybridized carbons (Fsp3) is 0.524. The van der Waals surface area contributed by atoms with E-state index < -0.39 is 10.0 Å². The molecular weight excluding hydrogens is 470 g/mol. The lowest BCUT2D eigenvalue weighted by atomic mass is 9.85. The number of nitrogens with zero attached hydrogens (tertiary/aromatic N) is 3. The Kier molecular flexibility index (Phi) is 5.12. The molecule has 5 rings (SSSR count). The minimum absolute atomic E-state index is 0.0155. The number of likely N-dealkylation sites (tertiary alicyclic amines) is 1. The van der Waals surface area contributed by atoms with Gasteiger partial charge in [-0.3, -0.25) is 19.4 Å². The quantitative estimate of drug-likeness (QED) is 0.459. The Morgan fingerprint density at radius 2 is 1.43 bits per heavy atom. The Morgan fingerprint density at radius 3 is 2.00 bits per heavy atom. The highest BCUT2D eigenvalue weighted by Gasteiger charge is 2.59. The smallest absolute Gasteiger partial charge is 0.243 e. The Bertz CT molecular complexity index is 972. The number of allylic oxidation sites excluding steroid dienone is 2. The highest BCUT2D eigenvalue weighted by molar-refractivity contribution is 9.10. The molecule has 4 atom stereocenters. The summed E-state index contributed by atoms with van der Waals surface area (Å²) < 4.78 is 28.0. The summed E-state index contributed by atoms with van der Waals surface area (Å²) in [5, 5.41) is 0. The van der Waals surface area contributed by atoms with Crippen molar-refractivity contribution < 1.29 is 18.0 Å². The maximum atomic E-state index is 12.8. The first-order valence-electron chi connectivity index (χ1n) is 10.4. The molecular formula is C21H24BrN3O4S. The first-order chi connectivity index (χ1) is 14.4. The van der Waals surface area contributed by atoms with Gasteiger partial charge in [0.15, 0.2) is 0 Å². The molecule has 7 nitrogen and oxygen atoms in total. The van der Waals surface area contributed by atoms with Crippen LogP contribution in [0.15, 0.2) is 45.8 Å². The zero-order chi connectivity index (χ0) is 21.0. The van der Waals surface area contributed by atoms with Gasteiger partial charge in [-0.05, 0) is 42.5 Å². The van der Waals surface area contributed by atoms with Gasteiger partial charge in [0.1, 0.15) is 0 Å². The molecule has 2 heterocycles. The van der Waals surface area contributed by atoms with Crippen molar-refractivity contribution >= 4 is 37.8 Å². The molecule has 2 amide bonds. The van der Waals surface area contributed by atoms with Crippen molar-refractivity contribution in [2.24, 2.45) is 23.7 Å². The largest absolute Gasteiger partial charge is 0.299 e. The van der Waals surface area contributed by atoms with Gasteiger partial charge in [-0.2, -0.15) is 4.31 Å². The van der Waals surface area contributed by atoms with E-state index in [1.54, 1.807) is 24.3 Å². The van der Waals surface area contributed by atoms with Gasteiger partial charge in [0.2, 0.25) is 21.8 Å². The van der Waals surface area contributed by atoms with Gasteiger partial charge in [0.25, 0.3) is 0 Å². The molecule has 2 aliphatic heterocycles. The van der Waals surface area contributed by atoms with Crippen LogP contribution in [-0.4, -0.2) is 73.6 Å². The number of benzene rings is 1.